The minimum absolute atomic E-state index is 0.559. The molecule has 0 aliphatic heterocycles. The van der Waals surface area contributed by atoms with Crippen LogP contribution >= 0.6 is 11.6 Å². The van der Waals surface area contributed by atoms with E-state index in [0.717, 1.165) is 35.6 Å². The molecule has 0 fully saturated rings. The van der Waals surface area contributed by atoms with Crippen LogP contribution in [0.4, 0.5) is 0 Å². The number of aryl methyl sites for hydroxylation is 5. The molecule has 0 saturated carbocycles. The zero-order valence-electron chi connectivity index (χ0n) is 12.1. The summed E-state index contributed by atoms with van der Waals surface area (Å²) in [5.74, 6) is 2.88. The number of rotatable bonds is 5. The molecular weight excluding hydrogens is 288 g/mol. The smallest absolute Gasteiger partial charge is 0.223 e. The third-order valence-corrected chi connectivity index (χ3v) is 3.62. The van der Waals surface area contributed by atoms with E-state index in [1.807, 2.05) is 0 Å². The van der Waals surface area contributed by atoms with Gasteiger partial charge in [-0.15, -0.1) is 11.6 Å². The number of nitrogens with zero attached hydrogens (tertiary/aromatic N) is 4. The van der Waals surface area contributed by atoms with E-state index >= 15 is 0 Å². The van der Waals surface area contributed by atoms with E-state index in [2.05, 4.69) is 39.8 Å². The van der Waals surface area contributed by atoms with Gasteiger partial charge < -0.3 is 9.09 Å². The van der Waals surface area contributed by atoms with Gasteiger partial charge in [-0.2, -0.15) is 4.98 Å². The lowest BCUT2D eigenvalue weighted by molar-refractivity contribution is 0.386. The van der Waals surface area contributed by atoms with Crippen molar-refractivity contribution in [3.05, 3.63) is 41.3 Å². The average molecular weight is 305 g/mol. The molecule has 2 aromatic heterocycles. The van der Waals surface area contributed by atoms with Gasteiger partial charge in [0.05, 0.1) is 11.0 Å². The Bertz CT molecular complexity index is 762. The van der Waals surface area contributed by atoms with Crippen molar-refractivity contribution in [3.63, 3.8) is 0 Å². The first-order valence-electron chi connectivity index (χ1n) is 6.98. The molecule has 0 aliphatic carbocycles. The maximum absolute atomic E-state index is 5.89. The summed E-state index contributed by atoms with van der Waals surface area (Å²) >= 11 is 5.89. The van der Waals surface area contributed by atoms with Gasteiger partial charge in [0, 0.05) is 32.2 Å². The van der Waals surface area contributed by atoms with E-state index in [1.54, 1.807) is 6.92 Å². The first-order chi connectivity index (χ1) is 10.2. The molecule has 0 aliphatic rings. The lowest BCUT2D eigenvalue weighted by Gasteiger charge is -2.06. The monoisotopic (exact) mass is 304 g/mol. The van der Waals surface area contributed by atoms with Crippen LogP contribution in [0, 0.1) is 13.8 Å². The molecule has 3 rings (SSSR count). The fraction of sp³-hybridized carbons (Fsp3) is 0.400. The van der Waals surface area contributed by atoms with Crippen molar-refractivity contribution in [3.8, 4) is 0 Å². The molecule has 0 bridgehead atoms. The fourth-order valence-corrected chi connectivity index (χ4v) is 2.64. The van der Waals surface area contributed by atoms with Gasteiger partial charge in [-0.3, -0.25) is 0 Å². The molecule has 6 heteroatoms. The van der Waals surface area contributed by atoms with Crippen molar-refractivity contribution in [2.75, 3.05) is 5.88 Å². The molecule has 0 N–H and O–H groups in total. The van der Waals surface area contributed by atoms with Gasteiger partial charge in [-0.25, -0.2) is 4.98 Å². The number of imidazole rings is 1. The zero-order valence-corrected chi connectivity index (χ0v) is 12.9. The Kier molecular flexibility index (Phi) is 3.92. The first kappa shape index (κ1) is 14.1. The number of hydrogen-bond acceptors (Lipinski definition) is 4. The molecule has 0 amide bonds. The third-order valence-electron chi connectivity index (χ3n) is 3.43. The molecule has 2 heterocycles. The van der Waals surface area contributed by atoms with Crippen LogP contribution < -0.4 is 0 Å². The van der Waals surface area contributed by atoms with E-state index < -0.39 is 0 Å². The van der Waals surface area contributed by atoms with Crippen LogP contribution in [0.25, 0.3) is 11.0 Å². The van der Waals surface area contributed by atoms with Crippen molar-refractivity contribution in [2.24, 2.45) is 0 Å². The summed E-state index contributed by atoms with van der Waals surface area (Å²) in [6.45, 7) is 4.64. The molecule has 0 unspecified atom stereocenters. The minimum Gasteiger partial charge on any atom is -0.340 e. The summed E-state index contributed by atoms with van der Waals surface area (Å²) in [6.07, 6.45) is 1.46. The maximum Gasteiger partial charge on any atom is 0.223 e. The Morgan fingerprint density at radius 2 is 2.05 bits per heavy atom. The fourth-order valence-electron chi connectivity index (χ4n) is 2.47. The Balaban J connectivity index is 1.92. The average Bonchev–Trinajstić information content (AvgIpc) is 3.00. The lowest BCUT2D eigenvalue weighted by atomic mass is 10.2. The molecule has 0 atom stereocenters. The summed E-state index contributed by atoms with van der Waals surface area (Å²) in [7, 11) is 0. The van der Waals surface area contributed by atoms with Crippen molar-refractivity contribution in [1.29, 1.82) is 0 Å². The van der Waals surface area contributed by atoms with E-state index in [4.69, 9.17) is 21.1 Å². The SMILES string of the molecule is Cc1ccc2c(c1)nc(CCCl)n2CCc1noc(C)n1. The zero-order chi connectivity index (χ0) is 14.8. The van der Waals surface area contributed by atoms with Crippen LogP contribution in [0.2, 0.25) is 0 Å². The molecule has 110 valence electrons. The van der Waals surface area contributed by atoms with E-state index in [-0.39, 0.29) is 0 Å². The summed E-state index contributed by atoms with van der Waals surface area (Å²) < 4.78 is 7.21. The van der Waals surface area contributed by atoms with Crippen LogP contribution in [0.1, 0.15) is 23.1 Å². The van der Waals surface area contributed by atoms with Gasteiger partial charge in [0.2, 0.25) is 5.89 Å². The highest BCUT2D eigenvalue weighted by Gasteiger charge is 2.12. The summed E-state index contributed by atoms with van der Waals surface area (Å²) in [6, 6.07) is 6.31. The van der Waals surface area contributed by atoms with Crippen LogP contribution in [0.5, 0.6) is 0 Å². The van der Waals surface area contributed by atoms with Crippen LogP contribution in [0.3, 0.4) is 0 Å². The second-order valence-electron chi connectivity index (χ2n) is 5.09. The van der Waals surface area contributed by atoms with Gasteiger partial charge >= 0.3 is 0 Å². The number of benzene rings is 1. The maximum atomic E-state index is 5.89. The minimum atomic E-state index is 0.559. The standard InChI is InChI=1S/C15H17ClN4O/c1-10-3-4-13-12(9-10)18-15(5-7-16)20(13)8-6-14-17-11(2)21-19-14/h3-4,9H,5-8H2,1-2H3. The second-order valence-corrected chi connectivity index (χ2v) is 5.47. The van der Waals surface area contributed by atoms with E-state index in [1.165, 1.54) is 5.56 Å². The molecular formula is C15H17ClN4O. The second kappa shape index (κ2) is 5.85. The highest BCUT2D eigenvalue weighted by molar-refractivity contribution is 6.17. The molecule has 0 spiro atoms. The van der Waals surface area contributed by atoms with Gasteiger partial charge in [-0.05, 0) is 24.6 Å². The van der Waals surface area contributed by atoms with Gasteiger partial charge in [0.25, 0.3) is 0 Å². The van der Waals surface area contributed by atoms with Crippen LogP contribution in [0.15, 0.2) is 22.7 Å². The van der Waals surface area contributed by atoms with E-state index in [9.17, 15) is 0 Å². The van der Waals surface area contributed by atoms with Crippen molar-refractivity contribution in [2.45, 2.75) is 33.2 Å². The first-order valence-corrected chi connectivity index (χ1v) is 7.52. The number of aromatic nitrogens is 4. The highest BCUT2D eigenvalue weighted by Crippen LogP contribution is 2.19. The largest absolute Gasteiger partial charge is 0.340 e. The van der Waals surface area contributed by atoms with Crippen LogP contribution in [-0.4, -0.2) is 25.6 Å². The number of halogens is 1. The molecule has 0 radical (unpaired) electrons. The summed E-state index contributed by atoms with van der Waals surface area (Å²) in [5, 5.41) is 3.94. The van der Waals surface area contributed by atoms with Gasteiger partial charge in [-0.1, -0.05) is 11.2 Å². The van der Waals surface area contributed by atoms with Crippen molar-refractivity contribution < 1.29 is 4.52 Å². The molecule has 0 saturated heterocycles. The normalized spacial score (nSPS) is 11.4. The Morgan fingerprint density at radius 3 is 2.76 bits per heavy atom. The Labute approximate surface area is 127 Å². The lowest BCUT2D eigenvalue weighted by Crippen LogP contribution is -2.07. The summed E-state index contributed by atoms with van der Waals surface area (Å²) in [4.78, 5) is 8.94. The molecule has 1 aromatic carbocycles. The van der Waals surface area contributed by atoms with Crippen molar-refractivity contribution >= 4 is 22.6 Å². The quantitative estimate of drug-likeness (QED) is 0.680. The number of hydrogen-bond donors (Lipinski definition) is 0. The number of fused-ring (bicyclic) bond motifs is 1. The van der Waals surface area contributed by atoms with Crippen LogP contribution in [-0.2, 0) is 19.4 Å². The third kappa shape index (κ3) is 2.93. The van der Waals surface area contributed by atoms with Gasteiger partial charge in [0.15, 0.2) is 5.82 Å². The van der Waals surface area contributed by atoms with Gasteiger partial charge in [0.1, 0.15) is 5.82 Å². The predicted octanol–water partition coefficient (Wildman–Crippen LogP) is 3.06. The number of alkyl halides is 1. The Morgan fingerprint density at radius 1 is 1.19 bits per heavy atom. The predicted molar refractivity (Wildman–Crippen MR) is 81.6 cm³/mol. The topological polar surface area (TPSA) is 56.7 Å². The molecule has 21 heavy (non-hydrogen) atoms. The van der Waals surface area contributed by atoms with E-state index in [0.29, 0.717) is 18.2 Å². The summed E-state index contributed by atoms with van der Waals surface area (Å²) in [5.41, 5.74) is 3.35. The molecule has 3 aromatic rings. The Hall–Kier alpha value is -1.88. The van der Waals surface area contributed by atoms with Crippen molar-refractivity contribution in [1.82, 2.24) is 19.7 Å². The highest BCUT2D eigenvalue weighted by atomic mass is 35.5. The molecule has 5 nitrogen and oxygen atoms in total.